The Bertz CT molecular complexity index is 1180. The lowest BCUT2D eigenvalue weighted by Crippen LogP contribution is -2.22. The molecule has 0 aliphatic rings. The number of rotatable bonds is 5. The van der Waals surface area contributed by atoms with Crippen LogP contribution in [0.3, 0.4) is 0 Å². The Balaban J connectivity index is 2.08. The molecule has 0 aliphatic carbocycles. The summed E-state index contributed by atoms with van der Waals surface area (Å²) in [5.74, 6) is 1.62. The van der Waals surface area contributed by atoms with E-state index in [4.69, 9.17) is 4.74 Å². The number of ether oxygens (including phenoxy) is 1. The highest BCUT2D eigenvalue weighted by Gasteiger charge is 2.19. The average molecular weight is 363 g/mol. The van der Waals surface area contributed by atoms with Crippen molar-refractivity contribution in [2.45, 2.75) is 26.8 Å². The Kier molecular flexibility index (Phi) is 4.35. The molecule has 3 heterocycles. The van der Waals surface area contributed by atoms with Gasteiger partial charge in [0, 0.05) is 18.3 Å². The molecule has 0 unspecified atom stereocenters. The molecule has 0 atom stereocenters. The van der Waals surface area contributed by atoms with Gasteiger partial charge in [0.05, 0.1) is 23.7 Å². The predicted octanol–water partition coefficient (Wildman–Crippen LogP) is 3.16. The van der Waals surface area contributed by atoms with Crippen LogP contribution in [0.15, 0.2) is 47.7 Å². The lowest BCUT2D eigenvalue weighted by Gasteiger charge is -2.14. The molecule has 0 amide bonds. The summed E-state index contributed by atoms with van der Waals surface area (Å²) in [6, 6.07) is 9.45. The maximum absolute atomic E-state index is 13.3. The predicted molar refractivity (Wildman–Crippen MR) is 104 cm³/mol. The van der Waals surface area contributed by atoms with Crippen LogP contribution in [0, 0.1) is 5.92 Å². The first kappa shape index (κ1) is 17.2. The van der Waals surface area contributed by atoms with E-state index >= 15 is 0 Å². The first-order valence-corrected chi connectivity index (χ1v) is 8.96. The van der Waals surface area contributed by atoms with Gasteiger partial charge in [0.25, 0.3) is 11.3 Å². The van der Waals surface area contributed by atoms with E-state index in [0.717, 1.165) is 12.0 Å². The van der Waals surface area contributed by atoms with E-state index in [2.05, 4.69) is 28.9 Å². The van der Waals surface area contributed by atoms with E-state index in [9.17, 15) is 4.79 Å². The summed E-state index contributed by atoms with van der Waals surface area (Å²) in [4.78, 5) is 22.0. The van der Waals surface area contributed by atoms with Gasteiger partial charge in [0.15, 0.2) is 0 Å². The maximum atomic E-state index is 13.3. The fraction of sp³-hybridized carbons (Fsp3) is 0.300. The zero-order valence-electron chi connectivity index (χ0n) is 15.6. The molecular weight excluding hydrogens is 342 g/mol. The second kappa shape index (κ2) is 6.83. The van der Waals surface area contributed by atoms with E-state index in [0.29, 0.717) is 40.6 Å². The van der Waals surface area contributed by atoms with Gasteiger partial charge in [-0.15, -0.1) is 0 Å². The molecule has 0 N–H and O–H groups in total. The van der Waals surface area contributed by atoms with Gasteiger partial charge in [-0.3, -0.25) is 4.79 Å². The van der Waals surface area contributed by atoms with Crippen molar-refractivity contribution in [3.63, 3.8) is 0 Å². The molecular formula is C20H21N5O2. The third-order valence-corrected chi connectivity index (χ3v) is 4.65. The Hall–Kier alpha value is -3.22. The molecule has 7 nitrogen and oxygen atoms in total. The molecule has 0 radical (unpaired) electrons. The van der Waals surface area contributed by atoms with Crippen LogP contribution in [0.5, 0.6) is 5.75 Å². The quantitative estimate of drug-likeness (QED) is 0.544. The zero-order valence-corrected chi connectivity index (χ0v) is 15.6. The molecule has 138 valence electrons. The van der Waals surface area contributed by atoms with Crippen LogP contribution in [0.4, 0.5) is 0 Å². The minimum Gasteiger partial charge on any atom is -0.496 e. The standard InChI is InChI=1S/C20H21N5O2/c1-13(2)8-10-24-11-9-15-17(19(24)26)18(25-20(23-15)21-12-22-25)14-6-4-5-7-16(14)27-3/h4-7,9,11-13H,8,10H2,1-3H3. The summed E-state index contributed by atoms with van der Waals surface area (Å²) in [7, 11) is 1.61. The van der Waals surface area contributed by atoms with Crippen LogP contribution < -0.4 is 10.3 Å². The Labute approximate surface area is 156 Å². The minimum absolute atomic E-state index is 0.0843. The largest absolute Gasteiger partial charge is 0.496 e. The van der Waals surface area contributed by atoms with Crippen LogP contribution in [0.25, 0.3) is 27.9 Å². The van der Waals surface area contributed by atoms with Gasteiger partial charge < -0.3 is 9.30 Å². The fourth-order valence-electron chi connectivity index (χ4n) is 3.23. The third-order valence-electron chi connectivity index (χ3n) is 4.65. The van der Waals surface area contributed by atoms with E-state index in [1.165, 1.54) is 6.33 Å². The van der Waals surface area contributed by atoms with Crippen LogP contribution in [0.1, 0.15) is 20.3 Å². The number of methoxy groups -OCH3 is 1. The summed E-state index contributed by atoms with van der Waals surface area (Å²) >= 11 is 0. The smallest absolute Gasteiger partial charge is 0.262 e. The number of fused-ring (bicyclic) bond motifs is 2. The molecule has 3 aromatic heterocycles. The van der Waals surface area contributed by atoms with Gasteiger partial charge in [0.1, 0.15) is 12.1 Å². The average Bonchev–Trinajstić information content (AvgIpc) is 3.14. The molecule has 0 saturated heterocycles. The lowest BCUT2D eigenvalue weighted by molar-refractivity contribution is 0.416. The van der Waals surface area contributed by atoms with Crippen molar-refractivity contribution in [2.24, 2.45) is 5.92 Å². The summed E-state index contributed by atoms with van der Waals surface area (Å²) < 4.78 is 8.88. The van der Waals surface area contributed by atoms with Crippen molar-refractivity contribution in [2.75, 3.05) is 7.11 Å². The zero-order chi connectivity index (χ0) is 19.0. The van der Waals surface area contributed by atoms with Crippen molar-refractivity contribution < 1.29 is 4.74 Å². The molecule has 27 heavy (non-hydrogen) atoms. The SMILES string of the molecule is COc1ccccc1-c1c2c(=O)n(CCC(C)C)ccc2nc2ncnn12. The number of para-hydroxylation sites is 1. The maximum Gasteiger partial charge on any atom is 0.262 e. The highest BCUT2D eigenvalue weighted by atomic mass is 16.5. The molecule has 0 bridgehead atoms. The van der Waals surface area contributed by atoms with Crippen molar-refractivity contribution in [1.82, 2.24) is 24.1 Å². The molecule has 0 fully saturated rings. The number of benzene rings is 1. The molecule has 4 rings (SSSR count). The van der Waals surface area contributed by atoms with Crippen LogP contribution >= 0.6 is 0 Å². The Morgan fingerprint density at radius 3 is 2.78 bits per heavy atom. The van der Waals surface area contributed by atoms with Crippen molar-refractivity contribution >= 4 is 16.7 Å². The summed E-state index contributed by atoms with van der Waals surface area (Å²) in [6.45, 7) is 4.95. The minimum atomic E-state index is -0.0843. The van der Waals surface area contributed by atoms with Gasteiger partial charge in [-0.05, 0) is 30.5 Å². The topological polar surface area (TPSA) is 74.3 Å². The third kappa shape index (κ3) is 2.95. The first-order chi connectivity index (χ1) is 13.1. The molecule has 0 saturated carbocycles. The molecule has 1 aromatic carbocycles. The van der Waals surface area contributed by atoms with E-state index in [1.54, 1.807) is 22.4 Å². The van der Waals surface area contributed by atoms with Crippen molar-refractivity contribution in [1.29, 1.82) is 0 Å². The number of pyridine rings is 1. The second-order valence-corrected chi connectivity index (χ2v) is 6.89. The van der Waals surface area contributed by atoms with Gasteiger partial charge in [-0.2, -0.15) is 14.6 Å². The van der Waals surface area contributed by atoms with Crippen LogP contribution in [-0.4, -0.2) is 31.3 Å². The number of aromatic nitrogens is 5. The van der Waals surface area contributed by atoms with Crippen molar-refractivity contribution in [3.05, 3.63) is 53.2 Å². The first-order valence-electron chi connectivity index (χ1n) is 8.96. The van der Waals surface area contributed by atoms with Gasteiger partial charge >= 0.3 is 0 Å². The number of hydrogen-bond donors (Lipinski definition) is 0. The fourth-order valence-corrected chi connectivity index (χ4v) is 3.23. The Morgan fingerprint density at radius 1 is 1.19 bits per heavy atom. The highest BCUT2D eigenvalue weighted by molar-refractivity contribution is 5.94. The van der Waals surface area contributed by atoms with Crippen molar-refractivity contribution in [3.8, 4) is 17.0 Å². The van der Waals surface area contributed by atoms with Crippen LogP contribution in [0.2, 0.25) is 0 Å². The molecule has 0 spiro atoms. The Morgan fingerprint density at radius 2 is 2.00 bits per heavy atom. The van der Waals surface area contributed by atoms with Gasteiger partial charge in [-0.25, -0.2) is 4.98 Å². The molecule has 0 aliphatic heterocycles. The summed E-state index contributed by atoms with van der Waals surface area (Å²) in [6.07, 6.45) is 4.17. The second-order valence-electron chi connectivity index (χ2n) is 6.89. The summed E-state index contributed by atoms with van der Waals surface area (Å²) in [5, 5.41) is 4.82. The molecule has 4 aromatic rings. The van der Waals surface area contributed by atoms with Gasteiger partial charge in [-0.1, -0.05) is 26.0 Å². The monoisotopic (exact) mass is 363 g/mol. The molecule has 7 heteroatoms. The number of aryl methyl sites for hydroxylation is 1. The highest BCUT2D eigenvalue weighted by Crippen LogP contribution is 2.32. The van der Waals surface area contributed by atoms with Gasteiger partial charge in [0.2, 0.25) is 0 Å². The lowest BCUT2D eigenvalue weighted by atomic mass is 10.1. The van der Waals surface area contributed by atoms with E-state index < -0.39 is 0 Å². The summed E-state index contributed by atoms with van der Waals surface area (Å²) in [5.41, 5.74) is 1.94. The number of nitrogens with zero attached hydrogens (tertiary/aromatic N) is 5. The van der Waals surface area contributed by atoms with Crippen LogP contribution in [-0.2, 0) is 6.54 Å². The number of hydrogen-bond acceptors (Lipinski definition) is 5. The normalized spacial score (nSPS) is 11.6. The van der Waals surface area contributed by atoms with E-state index in [-0.39, 0.29) is 5.56 Å². The van der Waals surface area contributed by atoms with E-state index in [1.807, 2.05) is 30.3 Å².